The Morgan fingerprint density at radius 2 is 1.39 bits per heavy atom. The first kappa shape index (κ1) is 25.0. The third kappa shape index (κ3) is 8.43. The average Bonchev–Trinajstić information content (AvgIpc) is 2.72. The standard InChI is InChI=1S/C25H35O5P/c1-20(26)30-19-25(2,18-28-3)24(27)29-15-21-11-13-23(14-12-21)17-31(4,5)16-22-9-7-6-8-10-22/h6-14,31H,15-19H2,1-5H3. The van der Waals surface area contributed by atoms with E-state index in [9.17, 15) is 9.59 Å². The molecule has 0 aliphatic heterocycles. The Labute approximate surface area is 186 Å². The number of methoxy groups -OCH3 is 1. The van der Waals surface area contributed by atoms with Crippen molar-refractivity contribution in [1.82, 2.24) is 0 Å². The van der Waals surface area contributed by atoms with E-state index in [4.69, 9.17) is 14.2 Å². The van der Waals surface area contributed by atoms with Gasteiger partial charge in [-0.25, -0.2) is 0 Å². The number of carbonyl (C=O) groups is 2. The summed E-state index contributed by atoms with van der Waals surface area (Å²) in [6.07, 6.45) is 2.24. The number of rotatable bonds is 11. The number of hydrogen-bond donors (Lipinski definition) is 0. The van der Waals surface area contributed by atoms with Crippen LogP contribution in [0, 0.1) is 5.41 Å². The van der Waals surface area contributed by atoms with Crippen molar-refractivity contribution in [2.45, 2.75) is 32.8 Å². The maximum atomic E-state index is 12.6. The van der Waals surface area contributed by atoms with Gasteiger partial charge in [-0.3, -0.25) is 4.79 Å². The van der Waals surface area contributed by atoms with Crippen molar-refractivity contribution in [2.24, 2.45) is 5.41 Å². The summed E-state index contributed by atoms with van der Waals surface area (Å²) < 4.78 is 15.6. The first-order valence-electron chi connectivity index (χ1n) is 10.5. The molecule has 0 bridgehead atoms. The molecular weight excluding hydrogens is 411 g/mol. The van der Waals surface area contributed by atoms with Gasteiger partial charge >= 0.3 is 174 Å². The normalized spacial score (nSPS) is 13.8. The zero-order valence-corrected chi connectivity index (χ0v) is 20.3. The van der Waals surface area contributed by atoms with Crippen molar-refractivity contribution >= 4 is 19.2 Å². The van der Waals surface area contributed by atoms with E-state index in [0.717, 1.165) is 17.9 Å². The van der Waals surface area contributed by atoms with Gasteiger partial charge in [0.15, 0.2) is 0 Å². The summed E-state index contributed by atoms with van der Waals surface area (Å²) in [6.45, 7) is 8.01. The van der Waals surface area contributed by atoms with Gasteiger partial charge in [0, 0.05) is 6.92 Å². The van der Waals surface area contributed by atoms with Gasteiger partial charge in [-0.15, -0.1) is 0 Å². The summed E-state index contributed by atoms with van der Waals surface area (Å²) in [4.78, 5) is 23.7. The van der Waals surface area contributed by atoms with Crippen LogP contribution in [0.2, 0.25) is 0 Å². The van der Waals surface area contributed by atoms with E-state index in [0.29, 0.717) is 0 Å². The van der Waals surface area contributed by atoms with Crippen LogP contribution in [0.1, 0.15) is 30.5 Å². The Kier molecular flexibility index (Phi) is 9.21. The molecule has 1 atom stereocenters. The van der Waals surface area contributed by atoms with Crippen molar-refractivity contribution in [1.29, 1.82) is 0 Å². The summed E-state index contributed by atoms with van der Waals surface area (Å²) in [6, 6.07) is 18.9. The predicted octanol–water partition coefficient (Wildman–Crippen LogP) is 4.66. The van der Waals surface area contributed by atoms with Gasteiger partial charge in [0.25, 0.3) is 0 Å². The van der Waals surface area contributed by atoms with Crippen molar-refractivity contribution in [3.05, 3.63) is 71.3 Å². The van der Waals surface area contributed by atoms with Crippen LogP contribution < -0.4 is 0 Å². The molecule has 0 fully saturated rings. The van der Waals surface area contributed by atoms with Crippen LogP contribution in [0.25, 0.3) is 0 Å². The zero-order valence-electron chi connectivity index (χ0n) is 19.3. The van der Waals surface area contributed by atoms with Gasteiger partial charge in [-0.2, -0.15) is 0 Å². The summed E-state index contributed by atoms with van der Waals surface area (Å²) in [5.74, 6) is -0.888. The third-order valence-corrected chi connectivity index (χ3v) is 7.88. The minimum absolute atomic E-state index is 0.0743. The monoisotopic (exact) mass is 446 g/mol. The van der Waals surface area contributed by atoms with Crippen LogP contribution in [0.15, 0.2) is 54.6 Å². The quantitative estimate of drug-likeness (QED) is 0.371. The van der Waals surface area contributed by atoms with Crippen molar-refractivity contribution < 1.29 is 23.8 Å². The van der Waals surface area contributed by atoms with Crippen LogP contribution in [-0.4, -0.2) is 45.6 Å². The Morgan fingerprint density at radius 1 is 0.839 bits per heavy atom. The van der Waals surface area contributed by atoms with Gasteiger partial charge in [0.1, 0.15) is 0 Å². The van der Waals surface area contributed by atoms with Crippen molar-refractivity contribution in [2.75, 3.05) is 33.7 Å². The van der Waals surface area contributed by atoms with Gasteiger partial charge in [0.05, 0.1) is 0 Å². The third-order valence-electron chi connectivity index (χ3n) is 5.15. The second-order valence-electron chi connectivity index (χ2n) is 9.17. The molecular formula is C25H35O5P. The maximum absolute atomic E-state index is 12.6. The second-order valence-corrected chi connectivity index (χ2v) is 14.2. The molecule has 170 valence electrons. The molecule has 2 aromatic carbocycles. The summed E-state index contributed by atoms with van der Waals surface area (Å²) >= 11 is 0. The first-order valence-corrected chi connectivity index (χ1v) is 14.0. The van der Waals surface area contributed by atoms with E-state index in [1.165, 1.54) is 25.2 Å². The molecule has 0 saturated heterocycles. The molecule has 0 aromatic heterocycles. The molecule has 6 heteroatoms. The fourth-order valence-corrected chi connectivity index (χ4v) is 6.39. The molecule has 0 radical (unpaired) electrons. The van der Waals surface area contributed by atoms with Crippen LogP contribution in [0.5, 0.6) is 0 Å². The summed E-state index contributed by atoms with van der Waals surface area (Å²) in [7, 11) is 0.0686. The van der Waals surface area contributed by atoms with E-state index >= 15 is 0 Å². The molecule has 0 heterocycles. The molecule has 0 N–H and O–H groups in total. The van der Waals surface area contributed by atoms with E-state index in [1.54, 1.807) is 6.92 Å². The van der Waals surface area contributed by atoms with E-state index in [2.05, 4.69) is 55.8 Å². The van der Waals surface area contributed by atoms with Gasteiger partial charge < -0.3 is 0 Å². The summed E-state index contributed by atoms with van der Waals surface area (Å²) in [5, 5.41) is 0. The number of hydrogen-bond acceptors (Lipinski definition) is 5. The fraction of sp³-hybridized carbons (Fsp3) is 0.440. The zero-order chi connectivity index (χ0) is 22.9. The van der Waals surface area contributed by atoms with Crippen LogP contribution in [0.3, 0.4) is 0 Å². The van der Waals surface area contributed by atoms with Crippen molar-refractivity contribution in [3.63, 3.8) is 0 Å². The molecule has 2 aromatic rings. The number of carbonyl (C=O) groups excluding carboxylic acids is 2. The Balaban J connectivity index is 1.92. The fourth-order valence-electron chi connectivity index (χ4n) is 3.58. The van der Waals surface area contributed by atoms with Gasteiger partial charge in [-0.1, -0.05) is 0 Å². The molecule has 1 unspecified atom stereocenters. The number of ether oxygens (including phenoxy) is 3. The average molecular weight is 447 g/mol. The van der Waals surface area contributed by atoms with Crippen LogP contribution in [-0.2, 0) is 42.7 Å². The van der Waals surface area contributed by atoms with Gasteiger partial charge in [-0.05, 0) is 0 Å². The molecule has 0 aliphatic rings. The number of esters is 2. The first-order chi connectivity index (χ1) is 14.6. The molecule has 31 heavy (non-hydrogen) atoms. The molecule has 0 aliphatic carbocycles. The second kappa shape index (κ2) is 11.4. The van der Waals surface area contributed by atoms with E-state index in [1.807, 2.05) is 12.1 Å². The molecule has 0 amide bonds. The Bertz CT molecular complexity index is 848. The van der Waals surface area contributed by atoms with E-state index < -0.39 is 24.6 Å². The Morgan fingerprint density at radius 3 is 1.94 bits per heavy atom. The summed E-state index contributed by atoms with van der Waals surface area (Å²) in [5.41, 5.74) is 2.59. The van der Waals surface area contributed by atoms with Crippen LogP contribution in [0.4, 0.5) is 0 Å². The molecule has 2 rings (SSSR count). The van der Waals surface area contributed by atoms with E-state index in [-0.39, 0.29) is 19.8 Å². The SMILES string of the molecule is COCC(C)(COC(C)=O)C(=O)OCc1ccc(C[PH](C)(C)Cc2ccccc2)cc1. The van der Waals surface area contributed by atoms with Crippen LogP contribution >= 0.6 is 7.26 Å². The Hall–Kier alpha value is -2.23. The topological polar surface area (TPSA) is 61.8 Å². The molecule has 5 nitrogen and oxygen atoms in total. The molecule has 0 spiro atoms. The predicted molar refractivity (Wildman–Crippen MR) is 127 cm³/mol. The minimum atomic E-state index is -1.43. The van der Waals surface area contributed by atoms with Gasteiger partial charge in [0.2, 0.25) is 0 Å². The van der Waals surface area contributed by atoms with Crippen molar-refractivity contribution in [3.8, 4) is 0 Å². The molecule has 0 saturated carbocycles. The number of benzene rings is 2.